The van der Waals surface area contributed by atoms with Gasteiger partial charge < -0.3 is 14.2 Å². The van der Waals surface area contributed by atoms with Crippen LogP contribution >= 0.6 is 0 Å². The number of esters is 3. The minimum atomic E-state index is -0.807. The minimum absolute atomic E-state index is 0.104. The van der Waals surface area contributed by atoms with Crippen molar-refractivity contribution in [2.24, 2.45) is 0 Å². The van der Waals surface area contributed by atoms with E-state index in [0.29, 0.717) is 19.3 Å². The topological polar surface area (TPSA) is 78.9 Å². The van der Waals surface area contributed by atoms with Gasteiger partial charge in [-0.3, -0.25) is 14.4 Å². The molecule has 0 bridgehead atoms. The van der Waals surface area contributed by atoms with E-state index in [1.807, 2.05) is 0 Å². The molecule has 0 saturated heterocycles. The molecule has 442 valence electrons. The SMILES string of the molecule is CC/C=C\C/C=C\C/C=C\C/C=C\C/C=C\C/C=C\C/C=C\C/C=C\CCCCCCCCCCCCC(=O)OCC(COC(=O)CCCCCCC)OC(=O)CCCC/C=C\C/C=C\C/C=C\C/C=C\C/C=C\C/C=C\CC. The van der Waals surface area contributed by atoms with E-state index in [-0.39, 0.29) is 37.5 Å². The Labute approximate surface area is 485 Å². The normalized spacial score (nSPS) is 13.3. The summed E-state index contributed by atoms with van der Waals surface area (Å²) in [5.41, 5.74) is 0. The highest BCUT2D eigenvalue weighted by Gasteiger charge is 2.19. The van der Waals surface area contributed by atoms with Crippen LogP contribution in [0, 0.1) is 0 Å². The third-order valence-corrected chi connectivity index (χ3v) is 12.7. The lowest BCUT2D eigenvalue weighted by Gasteiger charge is -2.18. The molecule has 0 radical (unpaired) electrons. The lowest BCUT2D eigenvalue weighted by Crippen LogP contribution is -2.30. The molecule has 0 fully saturated rings. The number of carbonyl (C=O) groups excluding carboxylic acids is 3. The highest BCUT2D eigenvalue weighted by molar-refractivity contribution is 5.71. The summed E-state index contributed by atoms with van der Waals surface area (Å²) in [6, 6.07) is 0. The molecule has 1 unspecified atom stereocenters. The highest BCUT2D eigenvalue weighted by Crippen LogP contribution is 2.14. The molecular weight excluding hydrogens is 973 g/mol. The Hall–Kier alpha value is -5.23. The summed E-state index contributed by atoms with van der Waals surface area (Å²) >= 11 is 0. The van der Waals surface area contributed by atoms with Crippen molar-refractivity contribution >= 4 is 17.9 Å². The molecule has 0 aromatic rings. The van der Waals surface area contributed by atoms with E-state index in [1.165, 1.54) is 44.9 Å². The van der Waals surface area contributed by atoms with Crippen LogP contribution in [-0.2, 0) is 28.6 Å². The van der Waals surface area contributed by atoms with Gasteiger partial charge in [0.05, 0.1) is 0 Å². The van der Waals surface area contributed by atoms with Gasteiger partial charge in [-0.15, -0.1) is 0 Å². The van der Waals surface area contributed by atoms with Crippen LogP contribution in [0.15, 0.2) is 170 Å². The molecule has 0 aromatic heterocycles. The first kappa shape index (κ1) is 73.8. The number of hydrogen-bond acceptors (Lipinski definition) is 6. The minimum Gasteiger partial charge on any atom is -0.462 e. The molecule has 6 nitrogen and oxygen atoms in total. The van der Waals surface area contributed by atoms with E-state index in [1.54, 1.807) is 0 Å². The molecule has 0 spiro atoms. The van der Waals surface area contributed by atoms with E-state index in [4.69, 9.17) is 14.2 Å². The van der Waals surface area contributed by atoms with Gasteiger partial charge in [0, 0.05) is 19.3 Å². The summed E-state index contributed by atoms with van der Waals surface area (Å²) in [5.74, 6) is -0.973. The summed E-state index contributed by atoms with van der Waals surface area (Å²) in [5, 5.41) is 0. The fourth-order valence-corrected chi connectivity index (χ4v) is 8.05. The van der Waals surface area contributed by atoms with Crippen molar-refractivity contribution in [1.82, 2.24) is 0 Å². The van der Waals surface area contributed by atoms with E-state index in [9.17, 15) is 14.4 Å². The molecule has 0 aliphatic rings. The van der Waals surface area contributed by atoms with Gasteiger partial charge in [0.2, 0.25) is 0 Å². The van der Waals surface area contributed by atoms with Crippen LogP contribution in [0.5, 0.6) is 0 Å². The summed E-state index contributed by atoms with van der Waals surface area (Å²) in [7, 11) is 0. The lowest BCUT2D eigenvalue weighted by molar-refractivity contribution is -0.167. The van der Waals surface area contributed by atoms with Crippen LogP contribution in [0.4, 0.5) is 0 Å². The Kier molecular flexibility index (Phi) is 61.0. The first-order valence-electron chi connectivity index (χ1n) is 31.6. The van der Waals surface area contributed by atoms with Crippen molar-refractivity contribution in [3.05, 3.63) is 170 Å². The first-order valence-corrected chi connectivity index (χ1v) is 31.6. The number of allylic oxidation sites excluding steroid dienone is 28. The molecule has 0 rings (SSSR count). The predicted molar refractivity (Wildman–Crippen MR) is 343 cm³/mol. The second-order valence-corrected chi connectivity index (χ2v) is 20.2. The van der Waals surface area contributed by atoms with Crippen molar-refractivity contribution in [3.63, 3.8) is 0 Å². The molecule has 0 heterocycles. The van der Waals surface area contributed by atoms with Gasteiger partial charge in [0.1, 0.15) is 13.2 Å². The van der Waals surface area contributed by atoms with E-state index in [0.717, 1.165) is 161 Å². The summed E-state index contributed by atoms with van der Waals surface area (Å²) in [6.45, 7) is 6.27. The van der Waals surface area contributed by atoms with E-state index >= 15 is 0 Å². The van der Waals surface area contributed by atoms with Gasteiger partial charge in [0.15, 0.2) is 6.10 Å². The summed E-state index contributed by atoms with van der Waals surface area (Å²) in [4.78, 5) is 37.9. The monoisotopic (exact) mass is 1090 g/mol. The molecule has 1 atom stereocenters. The second kappa shape index (κ2) is 65.3. The maximum atomic E-state index is 12.8. The number of carbonyl (C=O) groups is 3. The van der Waals surface area contributed by atoms with Crippen molar-refractivity contribution < 1.29 is 28.6 Å². The third-order valence-electron chi connectivity index (χ3n) is 12.7. The fraction of sp³-hybridized carbons (Fsp3) is 0.575. The third kappa shape index (κ3) is 63.5. The van der Waals surface area contributed by atoms with Gasteiger partial charge in [-0.25, -0.2) is 0 Å². The Morgan fingerprint density at radius 3 is 0.797 bits per heavy atom. The van der Waals surface area contributed by atoms with Crippen LogP contribution in [0.3, 0.4) is 0 Å². The smallest absolute Gasteiger partial charge is 0.306 e. The summed E-state index contributed by atoms with van der Waals surface area (Å²) in [6.07, 6.45) is 97.0. The molecule has 0 aliphatic carbocycles. The number of unbranched alkanes of at least 4 members (excludes halogenated alkanes) is 16. The Morgan fingerprint density at radius 1 is 0.266 bits per heavy atom. The highest BCUT2D eigenvalue weighted by atomic mass is 16.6. The van der Waals surface area contributed by atoms with Crippen LogP contribution in [0.25, 0.3) is 0 Å². The van der Waals surface area contributed by atoms with Gasteiger partial charge >= 0.3 is 17.9 Å². The van der Waals surface area contributed by atoms with Crippen LogP contribution < -0.4 is 0 Å². The Morgan fingerprint density at radius 2 is 0.494 bits per heavy atom. The standard InChI is InChI=1S/C73H114O6/c1-4-7-10-13-15-17-19-21-23-25-27-29-30-31-32-33-34-35-36-37-38-39-40-41-42-44-45-47-49-51-53-55-57-60-63-66-72(75)78-69-70(68-77-71(74)65-62-59-12-9-6-3)79-73(76)67-64-61-58-56-54-52-50-48-46-43-28-26-24-22-20-18-16-14-11-8-5-2/h7-8,10-11,15-18,21-24,27-29,31-32,34-35,37-38,40-41,43,48,50,54,56,70H,4-6,9,12-14,19-20,25-26,30,33,36,39,42,44-47,49,51-53,55,57-69H2,1-3H3/b10-7-,11-8-,17-15-,18-16-,23-21-,24-22-,29-27-,32-31-,35-34-,38-37-,41-40-,43-28-,50-48-,56-54-. The second-order valence-electron chi connectivity index (χ2n) is 20.2. The van der Waals surface area contributed by atoms with Gasteiger partial charge in [-0.2, -0.15) is 0 Å². The Bertz CT molecular complexity index is 1820. The number of rotatable bonds is 55. The molecule has 0 saturated carbocycles. The average Bonchev–Trinajstić information content (AvgIpc) is 3.45. The van der Waals surface area contributed by atoms with Crippen molar-refractivity contribution in [3.8, 4) is 0 Å². The van der Waals surface area contributed by atoms with Crippen LogP contribution in [-0.4, -0.2) is 37.2 Å². The predicted octanol–water partition coefficient (Wildman–Crippen LogP) is 21.9. The Balaban J connectivity index is 4.13. The number of hydrogen-bond donors (Lipinski definition) is 0. The largest absolute Gasteiger partial charge is 0.462 e. The molecule has 0 aromatic carbocycles. The van der Waals surface area contributed by atoms with Gasteiger partial charge in [-0.05, 0) is 135 Å². The molecule has 0 N–H and O–H groups in total. The van der Waals surface area contributed by atoms with Crippen LogP contribution in [0.2, 0.25) is 0 Å². The molecule has 79 heavy (non-hydrogen) atoms. The first-order chi connectivity index (χ1) is 39.0. The zero-order valence-corrected chi connectivity index (χ0v) is 50.6. The van der Waals surface area contributed by atoms with Crippen molar-refractivity contribution in [2.45, 2.75) is 258 Å². The average molecular weight is 1090 g/mol. The van der Waals surface area contributed by atoms with E-state index in [2.05, 4.69) is 191 Å². The zero-order chi connectivity index (χ0) is 57.1. The van der Waals surface area contributed by atoms with Gasteiger partial charge in [-0.1, -0.05) is 268 Å². The molecule has 6 heteroatoms. The quantitative estimate of drug-likeness (QED) is 0.0261. The fourth-order valence-electron chi connectivity index (χ4n) is 8.05. The molecule has 0 amide bonds. The maximum absolute atomic E-state index is 12.8. The summed E-state index contributed by atoms with van der Waals surface area (Å²) < 4.78 is 16.7. The zero-order valence-electron chi connectivity index (χ0n) is 50.6. The molecule has 0 aliphatic heterocycles. The van der Waals surface area contributed by atoms with E-state index < -0.39 is 6.10 Å². The van der Waals surface area contributed by atoms with Crippen LogP contribution in [0.1, 0.15) is 252 Å². The van der Waals surface area contributed by atoms with Crippen molar-refractivity contribution in [1.29, 1.82) is 0 Å². The van der Waals surface area contributed by atoms with Gasteiger partial charge in [0.25, 0.3) is 0 Å². The maximum Gasteiger partial charge on any atom is 0.306 e. The molecular formula is C73H114O6. The van der Waals surface area contributed by atoms with Crippen molar-refractivity contribution in [2.75, 3.05) is 13.2 Å². The number of ether oxygens (including phenoxy) is 3. The lowest BCUT2D eigenvalue weighted by atomic mass is 10.1.